The van der Waals surface area contributed by atoms with Crippen LogP contribution in [-0.2, 0) is 0 Å². The summed E-state index contributed by atoms with van der Waals surface area (Å²) in [5.41, 5.74) is 1.59. The van der Waals surface area contributed by atoms with E-state index in [1.54, 1.807) is 6.33 Å². The van der Waals surface area contributed by atoms with Gasteiger partial charge in [0.15, 0.2) is 0 Å². The van der Waals surface area contributed by atoms with Crippen LogP contribution in [0.5, 0.6) is 0 Å². The molecule has 0 spiro atoms. The number of piperidine rings is 2. The minimum atomic E-state index is -0.0117. The van der Waals surface area contributed by atoms with Crippen molar-refractivity contribution in [1.29, 1.82) is 0 Å². The summed E-state index contributed by atoms with van der Waals surface area (Å²) in [7, 11) is 0. The number of amides is 1. The van der Waals surface area contributed by atoms with Crippen LogP contribution in [0.1, 0.15) is 48.9 Å². The number of hydrogen-bond acceptors (Lipinski definition) is 5. The van der Waals surface area contributed by atoms with Gasteiger partial charge in [-0.25, -0.2) is 9.97 Å². The molecule has 1 amide bonds. The van der Waals surface area contributed by atoms with E-state index in [0.717, 1.165) is 49.4 Å². The summed E-state index contributed by atoms with van der Waals surface area (Å²) < 4.78 is 0. The third-order valence-electron chi connectivity index (χ3n) is 5.69. The Balaban J connectivity index is 1.45. The van der Waals surface area contributed by atoms with Gasteiger partial charge in [0.2, 0.25) is 0 Å². The van der Waals surface area contributed by atoms with E-state index in [2.05, 4.69) is 25.1 Å². The van der Waals surface area contributed by atoms with Gasteiger partial charge in [-0.05, 0) is 63.4 Å². The minimum Gasteiger partial charge on any atom is -0.356 e. The molecule has 1 N–H and O–H groups in total. The molecule has 0 saturated carbocycles. The average molecular weight is 367 g/mol. The topological polar surface area (TPSA) is 61.4 Å². The smallest absolute Gasteiger partial charge is 0.251 e. The molecule has 4 rings (SSSR count). The number of aromatic nitrogens is 2. The number of nitrogens with zero attached hydrogens (tertiary/aromatic N) is 4. The fourth-order valence-electron chi connectivity index (χ4n) is 4.15. The van der Waals surface area contributed by atoms with Gasteiger partial charge in [-0.3, -0.25) is 4.79 Å². The molecule has 2 aliphatic rings. The number of anilines is 1. The van der Waals surface area contributed by atoms with E-state index in [1.807, 2.05) is 18.2 Å². The highest BCUT2D eigenvalue weighted by Crippen LogP contribution is 2.26. The Kier molecular flexibility index (Phi) is 5.82. The lowest BCUT2D eigenvalue weighted by atomic mass is 10.1. The number of benzene rings is 1. The van der Waals surface area contributed by atoms with Gasteiger partial charge in [-0.15, -0.1) is 0 Å². The average Bonchev–Trinajstić information content (AvgIpc) is 2.74. The zero-order valence-electron chi connectivity index (χ0n) is 16.0. The first kappa shape index (κ1) is 18.2. The summed E-state index contributed by atoms with van der Waals surface area (Å²) in [4.78, 5) is 26.3. The van der Waals surface area contributed by atoms with Gasteiger partial charge >= 0.3 is 0 Å². The van der Waals surface area contributed by atoms with Crippen molar-refractivity contribution in [3.05, 3.63) is 30.1 Å². The molecule has 0 bridgehead atoms. The summed E-state index contributed by atoms with van der Waals surface area (Å²) in [5.74, 6) is 0.949. The lowest BCUT2D eigenvalue weighted by Gasteiger charge is -2.28. The standard InChI is InChI=1S/C21H29N5O/c27-21(22-9-14-25-10-3-1-4-11-25)17-7-8-19-18(15-17)20(24-16-23-19)26-12-5-2-6-13-26/h7-8,15-16H,1-6,9-14H2,(H,22,27). The maximum atomic E-state index is 12.6. The van der Waals surface area contributed by atoms with Crippen molar-refractivity contribution >= 4 is 22.6 Å². The van der Waals surface area contributed by atoms with E-state index in [4.69, 9.17) is 0 Å². The number of rotatable bonds is 5. The van der Waals surface area contributed by atoms with Crippen LogP contribution in [0.25, 0.3) is 10.9 Å². The number of nitrogens with one attached hydrogen (secondary N) is 1. The van der Waals surface area contributed by atoms with Gasteiger partial charge < -0.3 is 15.1 Å². The Morgan fingerprint density at radius 2 is 1.70 bits per heavy atom. The SMILES string of the molecule is O=C(NCCN1CCCCC1)c1ccc2ncnc(N3CCCCC3)c2c1. The van der Waals surface area contributed by atoms with Gasteiger partial charge in [0.1, 0.15) is 12.1 Å². The van der Waals surface area contributed by atoms with Gasteiger partial charge in [0.25, 0.3) is 5.91 Å². The van der Waals surface area contributed by atoms with Crippen molar-refractivity contribution in [2.24, 2.45) is 0 Å². The number of hydrogen-bond donors (Lipinski definition) is 1. The second-order valence-corrected chi connectivity index (χ2v) is 7.64. The van der Waals surface area contributed by atoms with E-state index in [0.29, 0.717) is 12.1 Å². The maximum Gasteiger partial charge on any atom is 0.251 e. The third kappa shape index (κ3) is 4.38. The molecule has 2 aliphatic heterocycles. The first-order valence-corrected chi connectivity index (χ1v) is 10.3. The van der Waals surface area contributed by atoms with E-state index in [9.17, 15) is 4.79 Å². The number of carbonyl (C=O) groups excluding carboxylic acids is 1. The zero-order chi connectivity index (χ0) is 18.5. The second kappa shape index (κ2) is 8.65. The van der Waals surface area contributed by atoms with Crippen LogP contribution < -0.4 is 10.2 Å². The highest BCUT2D eigenvalue weighted by atomic mass is 16.1. The fraction of sp³-hybridized carbons (Fsp3) is 0.571. The summed E-state index contributed by atoms with van der Waals surface area (Å²) in [6.45, 7) is 5.99. The first-order valence-electron chi connectivity index (χ1n) is 10.3. The molecule has 27 heavy (non-hydrogen) atoms. The molecule has 144 valence electrons. The summed E-state index contributed by atoms with van der Waals surface area (Å²) >= 11 is 0. The van der Waals surface area contributed by atoms with Crippen LogP contribution in [0, 0.1) is 0 Å². The number of likely N-dealkylation sites (tertiary alicyclic amines) is 1. The fourth-order valence-corrected chi connectivity index (χ4v) is 4.15. The maximum absolute atomic E-state index is 12.6. The van der Waals surface area contributed by atoms with E-state index >= 15 is 0 Å². The van der Waals surface area contributed by atoms with Crippen molar-refractivity contribution < 1.29 is 4.79 Å². The third-order valence-corrected chi connectivity index (χ3v) is 5.69. The van der Waals surface area contributed by atoms with Gasteiger partial charge in [-0.2, -0.15) is 0 Å². The Morgan fingerprint density at radius 3 is 2.48 bits per heavy atom. The largest absolute Gasteiger partial charge is 0.356 e. The lowest BCUT2D eigenvalue weighted by Crippen LogP contribution is -2.37. The summed E-state index contributed by atoms with van der Waals surface area (Å²) in [6.07, 6.45) is 9.19. The van der Waals surface area contributed by atoms with E-state index < -0.39 is 0 Å². The molecule has 1 aromatic heterocycles. The Bertz CT molecular complexity index is 781. The molecule has 2 saturated heterocycles. The quantitative estimate of drug-likeness (QED) is 0.880. The van der Waals surface area contributed by atoms with Crippen molar-refractivity contribution in [1.82, 2.24) is 20.2 Å². The van der Waals surface area contributed by atoms with Crippen LogP contribution in [-0.4, -0.2) is 60.0 Å². The Hall–Kier alpha value is -2.21. The highest BCUT2D eigenvalue weighted by molar-refractivity contribution is 6.00. The molecule has 0 radical (unpaired) electrons. The summed E-state index contributed by atoms with van der Waals surface area (Å²) in [5, 5.41) is 4.05. The molecule has 2 fully saturated rings. The monoisotopic (exact) mass is 367 g/mol. The van der Waals surface area contributed by atoms with Crippen LogP contribution in [0.3, 0.4) is 0 Å². The molecule has 6 heteroatoms. The van der Waals surface area contributed by atoms with Gasteiger partial charge in [-0.1, -0.05) is 6.42 Å². The highest BCUT2D eigenvalue weighted by Gasteiger charge is 2.17. The number of fused-ring (bicyclic) bond motifs is 1. The molecule has 0 aliphatic carbocycles. The Morgan fingerprint density at radius 1 is 0.963 bits per heavy atom. The molecule has 2 aromatic rings. The first-order chi connectivity index (χ1) is 13.3. The van der Waals surface area contributed by atoms with Crippen LogP contribution in [0.4, 0.5) is 5.82 Å². The molecule has 6 nitrogen and oxygen atoms in total. The van der Waals surface area contributed by atoms with Gasteiger partial charge in [0, 0.05) is 37.1 Å². The van der Waals surface area contributed by atoms with Crippen molar-refractivity contribution in [2.75, 3.05) is 44.2 Å². The molecule has 0 atom stereocenters. The van der Waals surface area contributed by atoms with Crippen molar-refractivity contribution in [3.8, 4) is 0 Å². The van der Waals surface area contributed by atoms with Crippen LogP contribution >= 0.6 is 0 Å². The molecular formula is C21H29N5O. The zero-order valence-corrected chi connectivity index (χ0v) is 16.0. The summed E-state index contributed by atoms with van der Waals surface area (Å²) in [6, 6.07) is 5.76. The lowest BCUT2D eigenvalue weighted by molar-refractivity contribution is 0.0946. The van der Waals surface area contributed by atoms with Crippen LogP contribution in [0.15, 0.2) is 24.5 Å². The molecule has 1 aromatic carbocycles. The van der Waals surface area contributed by atoms with E-state index in [1.165, 1.54) is 38.5 Å². The molecule has 3 heterocycles. The number of carbonyl (C=O) groups is 1. The van der Waals surface area contributed by atoms with Crippen molar-refractivity contribution in [2.45, 2.75) is 38.5 Å². The molecular weight excluding hydrogens is 338 g/mol. The normalized spacial score (nSPS) is 18.6. The predicted molar refractivity (Wildman–Crippen MR) is 108 cm³/mol. The minimum absolute atomic E-state index is 0.0117. The van der Waals surface area contributed by atoms with E-state index in [-0.39, 0.29) is 5.91 Å². The van der Waals surface area contributed by atoms with Crippen molar-refractivity contribution in [3.63, 3.8) is 0 Å². The second-order valence-electron chi connectivity index (χ2n) is 7.64. The predicted octanol–water partition coefficient (Wildman–Crippen LogP) is 2.84. The van der Waals surface area contributed by atoms with Gasteiger partial charge in [0.05, 0.1) is 5.52 Å². The molecule has 0 unspecified atom stereocenters. The van der Waals surface area contributed by atoms with Crippen LogP contribution in [0.2, 0.25) is 0 Å². The Labute approximate surface area is 161 Å².